The molecule has 1 aliphatic rings. The fraction of sp³-hybridized carbons (Fsp3) is 0.206. The van der Waals surface area contributed by atoms with E-state index in [1.807, 2.05) is 0 Å². The van der Waals surface area contributed by atoms with E-state index in [0.29, 0.717) is 0 Å². The summed E-state index contributed by atoms with van der Waals surface area (Å²) in [6.07, 6.45) is 4.81. The van der Waals surface area contributed by atoms with E-state index < -0.39 is 0 Å². The molecule has 2 nitrogen and oxygen atoms in total. The molecule has 70 heavy (non-hydrogen) atoms. The second-order valence-electron chi connectivity index (χ2n) is 21.4. The average Bonchev–Trinajstić information content (AvgIpc) is 3.37. The number of para-hydroxylation sites is 4. The van der Waals surface area contributed by atoms with Gasteiger partial charge >= 0.3 is 0 Å². The number of ether oxygens (including phenoxy) is 1. The number of nitrogens with zero attached hydrogens (tertiary/aromatic N) is 1. The number of unbranched alkanes of at least 4 members (excludes halogenated alkanes) is 2. The maximum Gasteiger partial charge on any atom is 0.151 e. The Hall–Kier alpha value is -7.42. The fourth-order valence-electron chi connectivity index (χ4n) is 9.83. The van der Waals surface area contributed by atoms with Gasteiger partial charge in [0.05, 0.1) is 11.4 Å². The van der Waals surface area contributed by atoms with E-state index in [4.69, 9.17) is 4.74 Å². The molecule has 0 aromatic heterocycles. The number of benzene rings is 9. The summed E-state index contributed by atoms with van der Waals surface area (Å²) in [6, 6.07) is 74.8. The predicted octanol–water partition coefficient (Wildman–Crippen LogP) is 19.9. The second-order valence-corrected chi connectivity index (χ2v) is 21.4. The molecule has 0 unspecified atom stereocenters. The molecule has 0 fully saturated rings. The maximum atomic E-state index is 6.58. The summed E-state index contributed by atoms with van der Waals surface area (Å²) in [7, 11) is 0. The van der Waals surface area contributed by atoms with Gasteiger partial charge in [-0.2, -0.15) is 0 Å². The van der Waals surface area contributed by atoms with Crippen LogP contribution in [-0.2, 0) is 17.3 Å². The lowest BCUT2D eigenvalue weighted by molar-refractivity contribution is 0.477. The molecule has 0 radical (unpaired) electrons. The first-order chi connectivity index (χ1) is 33.8. The predicted molar refractivity (Wildman–Crippen MR) is 299 cm³/mol. The van der Waals surface area contributed by atoms with Crippen LogP contribution < -0.4 is 9.64 Å². The molecular formula is C68H65NO. The lowest BCUT2D eigenvalue weighted by atomic mass is 9.85. The molecule has 9 aromatic carbocycles. The standard InChI is InChI=1S/C68H65NO/c1-9-10-11-16-47-23-27-49(28-24-47)53-38-55(51-31-35-61(36-32-51)68(6,7)8)42-57(40-53)59-43-58(44-62(45-59)69-63-17-12-14-19-65(63)70-66-20-15-13-18-64(66)69)56-39-52(48-25-21-46(2)22-26-48)37-54(41-56)50-29-33-60(34-30-50)67(3,4)5/h12-15,17-45H,9-11,16H2,1-8H3. The van der Waals surface area contributed by atoms with Gasteiger partial charge in [0.15, 0.2) is 11.5 Å². The maximum absolute atomic E-state index is 6.58. The highest BCUT2D eigenvalue weighted by atomic mass is 16.5. The zero-order valence-electron chi connectivity index (χ0n) is 42.2. The van der Waals surface area contributed by atoms with E-state index in [-0.39, 0.29) is 10.8 Å². The van der Waals surface area contributed by atoms with Crippen LogP contribution >= 0.6 is 0 Å². The summed E-state index contributed by atoms with van der Waals surface area (Å²) in [6.45, 7) is 18.1. The minimum atomic E-state index is 0.0600. The molecule has 348 valence electrons. The van der Waals surface area contributed by atoms with Crippen molar-refractivity contribution < 1.29 is 4.74 Å². The van der Waals surface area contributed by atoms with Crippen molar-refractivity contribution in [1.82, 2.24) is 0 Å². The van der Waals surface area contributed by atoms with Crippen LogP contribution in [0.3, 0.4) is 0 Å². The van der Waals surface area contributed by atoms with Crippen molar-refractivity contribution in [2.75, 3.05) is 4.90 Å². The number of hydrogen-bond acceptors (Lipinski definition) is 2. The van der Waals surface area contributed by atoms with Crippen LogP contribution in [0.1, 0.15) is 90.0 Å². The van der Waals surface area contributed by atoms with Gasteiger partial charge in [0.25, 0.3) is 0 Å². The monoisotopic (exact) mass is 912 g/mol. The van der Waals surface area contributed by atoms with Crippen LogP contribution in [0.15, 0.2) is 200 Å². The number of anilines is 3. The Balaban J connectivity index is 1.21. The van der Waals surface area contributed by atoms with Gasteiger partial charge in [-0.15, -0.1) is 0 Å². The van der Waals surface area contributed by atoms with Crippen LogP contribution in [0.4, 0.5) is 17.1 Å². The smallest absolute Gasteiger partial charge is 0.151 e. The minimum Gasteiger partial charge on any atom is -0.453 e. The van der Waals surface area contributed by atoms with E-state index in [1.54, 1.807) is 0 Å². The van der Waals surface area contributed by atoms with Gasteiger partial charge in [0, 0.05) is 5.69 Å². The van der Waals surface area contributed by atoms with Crippen LogP contribution in [0.25, 0.3) is 66.8 Å². The molecule has 2 heteroatoms. The molecule has 0 aliphatic carbocycles. The van der Waals surface area contributed by atoms with E-state index >= 15 is 0 Å². The Kier molecular flexibility index (Phi) is 12.7. The third-order valence-electron chi connectivity index (χ3n) is 14.1. The summed E-state index contributed by atoms with van der Waals surface area (Å²) in [5.74, 6) is 1.66. The van der Waals surface area contributed by atoms with Crippen molar-refractivity contribution in [1.29, 1.82) is 0 Å². The SMILES string of the molecule is CCCCCc1ccc(-c2cc(-c3ccc(C(C)(C)C)cc3)cc(-c3cc(-c4cc(-c5ccc(C)cc5)cc(-c5ccc(C(C)(C)C)cc5)c4)cc(N4c5ccccc5Oc5ccccc54)c3)c2)cc1. The summed E-state index contributed by atoms with van der Waals surface area (Å²) in [4.78, 5) is 2.38. The lowest BCUT2D eigenvalue weighted by Gasteiger charge is -2.33. The van der Waals surface area contributed by atoms with Crippen LogP contribution in [-0.4, -0.2) is 0 Å². The minimum absolute atomic E-state index is 0.0600. The van der Waals surface area contributed by atoms with Crippen LogP contribution in [0, 0.1) is 6.92 Å². The molecule has 0 N–H and O–H groups in total. The Morgan fingerprint density at radius 1 is 0.371 bits per heavy atom. The number of fused-ring (bicyclic) bond motifs is 2. The molecule has 0 saturated carbocycles. The van der Waals surface area contributed by atoms with Crippen molar-refractivity contribution >= 4 is 17.1 Å². The highest BCUT2D eigenvalue weighted by molar-refractivity contribution is 5.92. The zero-order chi connectivity index (χ0) is 48.6. The van der Waals surface area contributed by atoms with Gasteiger partial charge in [-0.25, -0.2) is 0 Å². The third kappa shape index (κ3) is 9.87. The molecule has 0 saturated heterocycles. The van der Waals surface area contributed by atoms with Crippen molar-refractivity contribution in [3.8, 4) is 78.3 Å². The Bertz CT molecular complexity index is 3240. The summed E-state index contributed by atoms with van der Waals surface area (Å²) < 4.78 is 6.58. The van der Waals surface area contributed by atoms with Gasteiger partial charge in [-0.3, -0.25) is 0 Å². The average molecular weight is 912 g/mol. The topological polar surface area (TPSA) is 12.5 Å². The second kappa shape index (κ2) is 19.2. The molecule has 10 rings (SSSR count). The summed E-state index contributed by atoms with van der Waals surface area (Å²) >= 11 is 0. The Morgan fingerprint density at radius 3 is 1.10 bits per heavy atom. The van der Waals surface area contributed by atoms with Gasteiger partial charge in [0.2, 0.25) is 0 Å². The highest BCUT2D eigenvalue weighted by Crippen LogP contribution is 2.52. The quantitative estimate of drug-likeness (QED) is 0.120. The zero-order valence-corrected chi connectivity index (χ0v) is 42.2. The molecule has 0 amide bonds. The van der Waals surface area contributed by atoms with Gasteiger partial charge in [-0.1, -0.05) is 188 Å². The summed E-state index contributed by atoms with van der Waals surface area (Å²) in [5.41, 5.74) is 22.6. The first kappa shape index (κ1) is 46.3. The Morgan fingerprint density at radius 2 is 0.714 bits per heavy atom. The van der Waals surface area contributed by atoms with E-state index in [9.17, 15) is 0 Å². The highest BCUT2D eigenvalue weighted by Gasteiger charge is 2.27. The largest absolute Gasteiger partial charge is 0.453 e. The number of aryl methyl sites for hydroxylation is 2. The van der Waals surface area contributed by atoms with Crippen LogP contribution in [0.5, 0.6) is 11.5 Å². The number of rotatable bonds is 11. The molecule has 0 spiro atoms. The number of hydrogen-bond donors (Lipinski definition) is 0. The first-order valence-electron chi connectivity index (χ1n) is 25.3. The first-order valence-corrected chi connectivity index (χ1v) is 25.3. The molecule has 9 aromatic rings. The summed E-state index contributed by atoms with van der Waals surface area (Å²) in [5, 5.41) is 0. The van der Waals surface area contributed by atoms with E-state index in [2.05, 4.69) is 260 Å². The lowest BCUT2D eigenvalue weighted by Crippen LogP contribution is -2.15. The molecule has 0 atom stereocenters. The van der Waals surface area contributed by atoms with Crippen LogP contribution in [0.2, 0.25) is 0 Å². The molecular weight excluding hydrogens is 847 g/mol. The van der Waals surface area contributed by atoms with Crippen molar-refractivity contribution in [2.24, 2.45) is 0 Å². The van der Waals surface area contributed by atoms with E-state index in [1.165, 1.54) is 86.0 Å². The normalized spacial score (nSPS) is 12.3. The van der Waals surface area contributed by atoms with E-state index in [0.717, 1.165) is 57.2 Å². The third-order valence-corrected chi connectivity index (χ3v) is 14.1. The molecule has 0 bridgehead atoms. The van der Waals surface area contributed by atoms with Crippen molar-refractivity contribution in [3.63, 3.8) is 0 Å². The molecule has 1 heterocycles. The Labute approximate surface area is 417 Å². The van der Waals surface area contributed by atoms with Gasteiger partial charge < -0.3 is 9.64 Å². The van der Waals surface area contributed by atoms with Gasteiger partial charge in [-0.05, 0) is 193 Å². The fourth-order valence-corrected chi connectivity index (χ4v) is 9.83. The van der Waals surface area contributed by atoms with Crippen molar-refractivity contribution in [2.45, 2.75) is 91.9 Å². The molecule has 1 aliphatic heterocycles. The van der Waals surface area contributed by atoms with Crippen molar-refractivity contribution in [3.05, 3.63) is 222 Å². The van der Waals surface area contributed by atoms with Gasteiger partial charge in [0.1, 0.15) is 0 Å².